The second-order valence-corrected chi connectivity index (χ2v) is 5.09. The zero-order valence-corrected chi connectivity index (χ0v) is 9.82. The number of para-hydroxylation sites is 1. The standard InChI is InChI=1S/C13H19N3/c1-15-9-10-16(13(11-15)7-8-13)14-12-5-3-2-4-6-12/h2-6,14H,7-11H2,1H3. The Morgan fingerprint density at radius 3 is 2.56 bits per heavy atom. The molecule has 1 saturated carbocycles. The molecule has 0 radical (unpaired) electrons. The van der Waals surface area contributed by atoms with E-state index in [1.54, 1.807) is 0 Å². The normalized spacial score (nSPS) is 24.6. The Morgan fingerprint density at radius 1 is 1.12 bits per heavy atom. The van der Waals surface area contributed by atoms with Gasteiger partial charge in [-0.2, -0.15) is 0 Å². The summed E-state index contributed by atoms with van der Waals surface area (Å²) in [6.45, 7) is 3.47. The molecule has 0 amide bonds. The highest BCUT2D eigenvalue weighted by Crippen LogP contribution is 2.43. The van der Waals surface area contributed by atoms with E-state index in [1.807, 2.05) is 0 Å². The topological polar surface area (TPSA) is 18.5 Å². The quantitative estimate of drug-likeness (QED) is 0.815. The van der Waals surface area contributed by atoms with Crippen LogP contribution in [0, 0.1) is 0 Å². The predicted octanol–water partition coefficient (Wildman–Crippen LogP) is 1.79. The summed E-state index contributed by atoms with van der Waals surface area (Å²) in [5.74, 6) is 0. The smallest absolute Gasteiger partial charge is 0.0530 e. The SMILES string of the molecule is CN1CCN(Nc2ccccc2)C2(CC2)C1. The van der Waals surface area contributed by atoms with Crippen LogP contribution in [0.3, 0.4) is 0 Å². The van der Waals surface area contributed by atoms with E-state index in [0.29, 0.717) is 5.54 Å². The molecule has 3 heteroatoms. The molecular formula is C13H19N3. The van der Waals surface area contributed by atoms with Gasteiger partial charge in [0.15, 0.2) is 0 Å². The van der Waals surface area contributed by atoms with Gasteiger partial charge in [0.05, 0.1) is 5.54 Å². The monoisotopic (exact) mass is 217 g/mol. The molecule has 16 heavy (non-hydrogen) atoms. The first-order valence-corrected chi connectivity index (χ1v) is 6.06. The average molecular weight is 217 g/mol. The number of piperazine rings is 1. The van der Waals surface area contributed by atoms with Crippen LogP contribution in [-0.4, -0.2) is 42.1 Å². The Bertz CT molecular complexity index is 359. The third-order valence-electron chi connectivity index (χ3n) is 3.71. The van der Waals surface area contributed by atoms with E-state index in [9.17, 15) is 0 Å². The maximum atomic E-state index is 3.56. The van der Waals surface area contributed by atoms with Crippen LogP contribution >= 0.6 is 0 Å². The zero-order chi connectivity index (χ0) is 11.0. The molecular weight excluding hydrogens is 198 g/mol. The summed E-state index contributed by atoms with van der Waals surface area (Å²) in [7, 11) is 2.22. The van der Waals surface area contributed by atoms with Crippen LogP contribution in [0.5, 0.6) is 0 Å². The average Bonchev–Trinajstić information content (AvgIpc) is 3.05. The van der Waals surface area contributed by atoms with Crippen LogP contribution in [0.15, 0.2) is 30.3 Å². The van der Waals surface area contributed by atoms with Gasteiger partial charge in [0, 0.05) is 25.3 Å². The fourth-order valence-corrected chi connectivity index (χ4v) is 2.59. The molecule has 86 valence electrons. The Morgan fingerprint density at radius 2 is 1.88 bits per heavy atom. The van der Waals surface area contributed by atoms with Gasteiger partial charge < -0.3 is 10.3 Å². The molecule has 2 fully saturated rings. The highest BCUT2D eigenvalue weighted by Gasteiger charge is 2.50. The Balaban J connectivity index is 1.71. The molecule has 0 bridgehead atoms. The van der Waals surface area contributed by atoms with E-state index >= 15 is 0 Å². The van der Waals surface area contributed by atoms with Crippen molar-refractivity contribution in [2.24, 2.45) is 0 Å². The first-order chi connectivity index (χ1) is 7.78. The third-order valence-corrected chi connectivity index (χ3v) is 3.71. The molecule has 1 saturated heterocycles. The molecule has 3 nitrogen and oxygen atoms in total. The van der Waals surface area contributed by atoms with E-state index in [1.165, 1.54) is 25.1 Å². The van der Waals surface area contributed by atoms with Gasteiger partial charge in [-0.25, -0.2) is 5.01 Å². The predicted molar refractivity (Wildman–Crippen MR) is 66.2 cm³/mol. The molecule has 1 aliphatic carbocycles. The van der Waals surface area contributed by atoms with Gasteiger partial charge in [-0.1, -0.05) is 18.2 Å². The number of nitrogens with one attached hydrogen (secondary N) is 1. The van der Waals surface area contributed by atoms with E-state index in [4.69, 9.17) is 0 Å². The summed E-state index contributed by atoms with van der Waals surface area (Å²) < 4.78 is 0. The van der Waals surface area contributed by atoms with Crippen molar-refractivity contribution in [1.29, 1.82) is 0 Å². The van der Waals surface area contributed by atoms with Gasteiger partial charge >= 0.3 is 0 Å². The highest BCUT2D eigenvalue weighted by atomic mass is 15.6. The summed E-state index contributed by atoms with van der Waals surface area (Å²) in [4.78, 5) is 2.44. The van der Waals surface area contributed by atoms with E-state index in [0.717, 1.165) is 13.1 Å². The number of benzene rings is 1. The lowest BCUT2D eigenvalue weighted by molar-refractivity contribution is 0.0969. The van der Waals surface area contributed by atoms with E-state index < -0.39 is 0 Å². The first-order valence-electron chi connectivity index (χ1n) is 6.06. The summed E-state index contributed by atoms with van der Waals surface area (Å²) in [6, 6.07) is 10.5. The van der Waals surface area contributed by atoms with Crippen LogP contribution in [0.2, 0.25) is 0 Å². The summed E-state index contributed by atoms with van der Waals surface area (Å²) in [5.41, 5.74) is 5.19. The van der Waals surface area contributed by atoms with Gasteiger partial charge in [0.25, 0.3) is 0 Å². The largest absolute Gasteiger partial charge is 0.318 e. The van der Waals surface area contributed by atoms with Crippen molar-refractivity contribution in [3.8, 4) is 0 Å². The molecule has 0 aromatic heterocycles. The van der Waals surface area contributed by atoms with E-state index in [-0.39, 0.29) is 0 Å². The van der Waals surface area contributed by atoms with Gasteiger partial charge in [0.2, 0.25) is 0 Å². The summed E-state index contributed by atoms with van der Waals surface area (Å²) in [6.07, 6.45) is 2.66. The van der Waals surface area contributed by atoms with Crippen molar-refractivity contribution in [1.82, 2.24) is 9.91 Å². The van der Waals surface area contributed by atoms with Crippen molar-refractivity contribution in [2.45, 2.75) is 18.4 Å². The molecule has 1 spiro atoms. The van der Waals surface area contributed by atoms with Crippen LogP contribution in [-0.2, 0) is 0 Å². The number of hydrogen-bond donors (Lipinski definition) is 1. The minimum Gasteiger partial charge on any atom is -0.318 e. The van der Waals surface area contributed by atoms with Gasteiger partial charge in [-0.3, -0.25) is 0 Å². The van der Waals surface area contributed by atoms with Crippen molar-refractivity contribution < 1.29 is 0 Å². The molecule has 3 rings (SSSR count). The second-order valence-electron chi connectivity index (χ2n) is 5.09. The number of hydrazine groups is 1. The lowest BCUT2D eigenvalue weighted by Gasteiger charge is -2.41. The highest BCUT2D eigenvalue weighted by molar-refractivity contribution is 5.42. The fourth-order valence-electron chi connectivity index (χ4n) is 2.59. The van der Waals surface area contributed by atoms with Crippen molar-refractivity contribution in [3.05, 3.63) is 30.3 Å². The van der Waals surface area contributed by atoms with Crippen molar-refractivity contribution in [3.63, 3.8) is 0 Å². The maximum absolute atomic E-state index is 3.56. The minimum atomic E-state index is 0.419. The fraction of sp³-hybridized carbons (Fsp3) is 0.538. The van der Waals surface area contributed by atoms with Crippen LogP contribution in [0.1, 0.15) is 12.8 Å². The number of likely N-dealkylation sites (N-methyl/N-ethyl adjacent to an activating group) is 1. The van der Waals surface area contributed by atoms with Gasteiger partial charge in [0.1, 0.15) is 0 Å². The number of anilines is 1. The minimum absolute atomic E-state index is 0.419. The van der Waals surface area contributed by atoms with Crippen molar-refractivity contribution >= 4 is 5.69 Å². The molecule has 1 heterocycles. The Labute approximate surface area is 97.0 Å². The molecule has 1 N–H and O–H groups in total. The third kappa shape index (κ3) is 1.81. The van der Waals surface area contributed by atoms with Gasteiger partial charge in [-0.15, -0.1) is 0 Å². The first kappa shape index (κ1) is 10.1. The Hall–Kier alpha value is -1.06. The van der Waals surface area contributed by atoms with E-state index in [2.05, 4.69) is 52.7 Å². The van der Waals surface area contributed by atoms with Crippen LogP contribution in [0.4, 0.5) is 5.69 Å². The molecule has 0 atom stereocenters. The molecule has 1 aromatic carbocycles. The van der Waals surface area contributed by atoms with Gasteiger partial charge in [-0.05, 0) is 32.0 Å². The summed E-state index contributed by atoms with van der Waals surface area (Å²) >= 11 is 0. The van der Waals surface area contributed by atoms with Crippen molar-refractivity contribution in [2.75, 3.05) is 32.1 Å². The summed E-state index contributed by atoms with van der Waals surface area (Å²) in [5, 5.41) is 2.45. The second kappa shape index (κ2) is 3.75. The maximum Gasteiger partial charge on any atom is 0.0530 e. The molecule has 1 aliphatic heterocycles. The van der Waals surface area contributed by atoms with Crippen LogP contribution < -0.4 is 5.43 Å². The number of nitrogens with zero attached hydrogens (tertiary/aromatic N) is 2. The molecule has 2 aliphatic rings. The Kier molecular flexibility index (Phi) is 2.37. The number of hydrogen-bond acceptors (Lipinski definition) is 3. The zero-order valence-electron chi connectivity index (χ0n) is 9.82. The lowest BCUT2D eigenvalue weighted by Crippen LogP contribution is -2.55. The van der Waals surface area contributed by atoms with Crippen LogP contribution in [0.25, 0.3) is 0 Å². The molecule has 0 unspecified atom stereocenters. The molecule has 1 aromatic rings. The number of rotatable bonds is 2. The lowest BCUT2D eigenvalue weighted by atomic mass is 10.2.